The van der Waals surface area contributed by atoms with E-state index in [9.17, 15) is 22.8 Å². The number of piperidine rings is 1. The number of nitrogen functional groups attached to an aromatic ring is 1. The zero-order valence-corrected chi connectivity index (χ0v) is 23.6. The van der Waals surface area contributed by atoms with Gasteiger partial charge in [-0.3, -0.25) is 15.0 Å². The topological polar surface area (TPSA) is 227 Å². The summed E-state index contributed by atoms with van der Waals surface area (Å²) in [5.74, 6) is -0.563. The summed E-state index contributed by atoms with van der Waals surface area (Å²) in [5.41, 5.74) is 17.6. The van der Waals surface area contributed by atoms with Gasteiger partial charge in [0.15, 0.2) is 0 Å². The van der Waals surface area contributed by atoms with Gasteiger partial charge in [0.25, 0.3) is 0 Å². The Kier molecular flexibility index (Phi) is 11.2. The zero-order chi connectivity index (χ0) is 30.0. The molecule has 0 spiro atoms. The van der Waals surface area contributed by atoms with E-state index >= 15 is 0 Å². The van der Waals surface area contributed by atoms with Crippen LogP contribution in [0.3, 0.4) is 0 Å². The Hall–Kier alpha value is -4.01. The van der Waals surface area contributed by atoms with Crippen molar-refractivity contribution in [2.75, 3.05) is 31.5 Å². The smallest absolute Gasteiger partial charge is 0.312 e. The first-order valence-corrected chi connectivity index (χ1v) is 14.8. The molecular weight excluding hydrogens is 548 g/mol. The minimum absolute atomic E-state index is 0.0363. The Morgan fingerprint density at radius 2 is 1.76 bits per heavy atom. The molecule has 4 amide bonds. The number of hydrogen-bond donors (Lipinski definition) is 7. The second-order valence-electron chi connectivity index (χ2n) is 9.96. The number of likely N-dealkylation sites (tertiary alicyclic amines) is 1. The maximum atomic E-state index is 13.7. The molecular formula is C27H38N8O5S. The second-order valence-corrected chi connectivity index (χ2v) is 11.7. The van der Waals surface area contributed by atoms with Crippen molar-refractivity contribution >= 4 is 39.4 Å². The molecule has 2 aromatic rings. The van der Waals surface area contributed by atoms with E-state index in [0.29, 0.717) is 49.5 Å². The number of hydrogen-bond acceptors (Lipinski definition) is 7. The minimum Gasteiger partial charge on any atom is -0.384 e. The number of amidine groups is 1. The minimum atomic E-state index is -4.18. The van der Waals surface area contributed by atoms with E-state index in [1.807, 2.05) is 0 Å². The Labute approximate surface area is 239 Å². The molecule has 41 heavy (non-hydrogen) atoms. The van der Waals surface area contributed by atoms with E-state index in [0.717, 1.165) is 6.42 Å². The predicted octanol–water partition coefficient (Wildman–Crippen LogP) is 0.445. The number of primary amides is 1. The number of nitrogens with zero attached hydrogens (tertiary/aromatic N) is 1. The van der Waals surface area contributed by atoms with Crippen molar-refractivity contribution in [1.82, 2.24) is 14.9 Å². The normalized spacial score (nSPS) is 14.7. The number of anilines is 1. The number of sulfonamides is 1. The fourth-order valence-corrected chi connectivity index (χ4v) is 5.93. The zero-order valence-electron chi connectivity index (χ0n) is 22.8. The van der Waals surface area contributed by atoms with Gasteiger partial charge in [-0.05, 0) is 61.4 Å². The van der Waals surface area contributed by atoms with Gasteiger partial charge in [0.1, 0.15) is 11.9 Å². The van der Waals surface area contributed by atoms with Crippen LogP contribution in [0.25, 0.3) is 0 Å². The molecule has 0 aromatic heterocycles. The van der Waals surface area contributed by atoms with Crippen LogP contribution in [0.4, 0.5) is 10.5 Å². The summed E-state index contributed by atoms with van der Waals surface area (Å²) in [4.78, 5) is 38.1. The molecule has 14 heteroatoms. The van der Waals surface area contributed by atoms with Crippen LogP contribution in [-0.2, 0) is 26.0 Å². The van der Waals surface area contributed by atoms with Crippen LogP contribution in [0.2, 0.25) is 0 Å². The van der Waals surface area contributed by atoms with Crippen molar-refractivity contribution in [2.24, 2.45) is 23.1 Å². The van der Waals surface area contributed by atoms with Crippen molar-refractivity contribution in [3.05, 3.63) is 59.7 Å². The molecule has 0 aliphatic carbocycles. The van der Waals surface area contributed by atoms with Gasteiger partial charge in [0.05, 0.1) is 4.90 Å². The third-order valence-corrected chi connectivity index (χ3v) is 8.32. The van der Waals surface area contributed by atoms with Crippen LogP contribution in [0.1, 0.15) is 36.8 Å². The molecule has 222 valence electrons. The van der Waals surface area contributed by atoms with Crippen LogP contribution in [0.15, 0.2) is 53.4 Å². The van der Waals surface area contributed by atoms with Crippen molar-refractivity contribution in [1.29, 1.82) is 5.41 Å². The highest BCUT2D eigenvalue weighted by atomic mass is 32.2. The fraction of sp³-hybridized carbons (Fsp3) is 0.407. The van der Waals surface area contributed by atoms with Gasteiger partial charge in [-0.2, -0.15) is 4.72 Å². The van der Waals surface area contributed by atoms with Gasteiger partial charge in [-0.25, -0.2) is 13.2 Å². The monoisotopic (exact) mass is 586 g/mol. The van der Waals surface area contributed by atoms with Crippen LogP contribution in [-0.4, -0.2) is 69.2 Å². The lowest BCUT2D eigenvalue weighted by Gasteiger charge is -2.34. The molecule has 0 saturated carbocycles. The van der Waals surface area contributed by atoms with Crippen molar-refractivity contribution in [3.8, 4) is 0 Å². The molecule has 1 saturated heterocycles. The predicted molar refractivity (Wildman–Crippen MR) is 156 cm³/mol. The molecule has 1 atom stereocenters. The van der Waals surface area contributed by atoms with E-state index < -0.39 is 22.1 Å². The number of nitrogens with one attached hydrogen (secondary N) is 4. The summed E-state index contributed by atoms with van der Waals surface area (Å²) in [5, 5.41) is 12.9. The molecule has 0 unspecified atom stereocenters. The molecule has 0 bridgehead atoms. The number of amides is 4. The van der Waals surface area contributed by atoms with Gasteiger partial charge < -0.3 is 32.7 Å². The highest BCUT2D eigenvalue weighted by Gasteiger charge is 2.32. The Bertz CT molecular complexity index is 1360. The van der Waals surface area contributed by atoms with Crippen LogP contribution in [0.5, 0.6) is 0 Å². The van der Waals surface area contributed by atoms with Gasteiger partial charge in [-0.15, -0.1) is 0 Å². The molecule has 1 heterocycles. The first-order valence-electron chi connectivity index (χ1n) is 13.4. The third kappa shape index (κ3) is 9.55. The standard InChI is InChI=1S/C27H38N8O5S/c28-11-7-24(36)33-21-5-2-6-22(17-21)41(39,40)34-23(16-19-3-1-4-20(15-19)25(29)30)26(37)35-13-9-18(10-14-35)8-12-32-27(31)38/h1-6,15,17-18,23,34H,7-14,16,28H2,(H3,29,30)(H,33,36)(H3,31,32,38)/t23-/m0/s1. The molecule has 3 rings (SSSR count). The number of nitrogens with two attached hydrogens (primary N) is 3. The molecule has 2 aromatic carbocycles. The number of rotatable bonds is 13. The largest absolute Gasteiger partial charge is 0.384 e. The van der Waals surface area contributed by atoms with Crippen molar-refractivity contribution in [3.63, 3.8) is 0 Å². The Morgan fingerprint density at radius 1 is 1.05 bits per heavy atom. The van der Waals surface area contributed by atoms with Gasteiger partial charge in [-0.1, -0.05) is 24.3 Å². The Balaban J connectivity index is 1.80. The highest BCUT2D eigenvalue weighted by Crippen LogP contribution is 2.22. The summed E-state index contributed by atoms with van der Waals surface area (Å²) in [6.45, 7) is 1.49. The fourth-order valence-electron chi connectivity index (χ4n) is 4.69. The average Bonchev–Trinajstić information content (AvgIpc) is 2.93. The van der Waals surface area contributed by atoms with E-state index in [1.54, 1.807) is 35.2 Å². The molecule has 1 fully saturated rings. The highest BCUT2D eigenvalue weighted by molar-refractivity contribution is 7.89. The summed E-state index contributed by atoms with van der Waals surface area (Å²) < 4.78 is 29.5. The van der Waals surface area contributed by atoms with Gasteiger partial charge in [0, 0.05) is 43.9 Å². The number of carbonyl (C=O) groups is 3. The van der Waals surface area contributed by atoms with Crippen LogP contribution in [0, 0.1) is 11.3 Å². The summed E-state index contributed by atoms with van der Waals surface area (Å²) in [6, 6.07) is 10.8. The van der Waals surface area contributed by atoms with Crippen molar-refractivity contribution in [2.45, 2.75) is 43.0 Å². The second kappa shape index (κ2) is 14.6. The van der Waals surface area contributed by atoms with Crippen LogP contribution >= 0.6 is 0 Å². The lowest BCUT2D eigenvalue weighted by atomic mass is 9.93. The van der Waals surface area contributed by atoms with Crippen molar-refractivity contribution < 1.29 is 22.8 Å². The molecule has 1 aliphatic rings. The average molecular weight is 587 g/mol. The number of benzene rings is 2. The maximum absolute atomic E-state index is 13.7. The summed E-state index contributed by atoms with van der Waals surface area (Å²) >= 11 is 0. The first kappa shape index (κ1) is 31.5. The third-order valence-electron chi connectivity index (χ3n) is 6.85. The first-order chi connectivity index (χ1) is 19.5. The molecule has 10 N–H and O–H groups in total. The summed E-state index contributed by atoms with van der Waals surface area (Å²) in [7, 11) is -4.18. The van der Waals surface area contributed by atoms with Gasteiger partial charge >= 0.3 is 6.03 Å². The lowest BCUT2D eigenvalue weighted by molar-refractivity contribution is -0.134. The number of carbonyl (C=O) groups excluding carboxylic acids is 3. The number of urea groups is 1. The lowest BCUT2D eigenvalue weighted by Crippen LogP contribution is -2.51. The van der Waals surface area contributed by atoms with E-state index in [-0.39, 0.29) is 47.6 Å². The molecule has 13 nitrogen and oxygen atoms in total. The van der Waals surface area contributed by atoms with Gasteiger partial charge in [0.2, 0.25) is 21.8 Å². The van der Waals surface area contributed by atoms with E-state index in [4.69, 9.17) is 22.6 Å². The Morgan fingerprint density at radius 3 is 2.41 bits per heavy atom. The maximum Gasteiger partial charge on any atom is 0.312 e. The van der Waals surface area contributed by atoms with E-state index in [1.165, 1.54) is 18.2 Å². The van der Waals surface area contributed by atoms with E-state index in [2.05, 4.69) is 15.4 Å². The quantitative estimate of drug-likeness (QED) is 0.129. The SMILES string of the molecule is N=C(N)c1cccc(C[C@H](NS(=O)(=O)c2cccc(NC(=O)CCN)c2)C(=O)N2CCC(CCNC(N)=O)CC2)c1. The summed E-state index contributed by atoms with van der Waals surface area (Å²) in [6.07, 6.45) is 2.26. The molecule has 1 aliphatic heterocycles. The van der Waals surface area contributed by atoms with Crippen LogP contribution < -0.4 is 32.6 Å². The molecule has 0 radical (unpaired) electrons.